The number of ether oxygens (including phenoxy) is 2. The summed E-state index contributed by atoms with van der Waals surface area (Å²) < 4.78 is 11.3. The molecule has 7 nitrogen and oxygen atoms in total. The summed E-state index contributed by atoms with van der Waals surface area (Å²) >= 11 is 6.95. The second-order valence-electron chi connectivity index (χ2n) is 5.74. The van der Waals surface area contributed by atoms with Gasteiger partial charge in [-0.3, -0.25) is 25.2 Å². The van der Waals surface area contributed by atoms with Gasteiger partial charge in [0, 0.05) is 18.4 Å². The zero-order chi connectivity index (χ0) is 20.5. The minimum Gasteiger partial charge on any atom is -0.493 e. The molecule has 9 heteroatoms. The number of benzene rings is 1. The maximum atomic E-state index is 12.2. The van der Waals surface area contributed by atoms with E-state index < -0.39 is 11.8 Å². The van der Waals surface area contributed by atoms with Gasteiger partial charge in [-0.25, -0.2) is 0 Å². The van der Waals surface area contributed by atoms with Crippen molar-refractivity contribution in [2.24, 2.45) is 0 Å². The third-order valence-electron chi connectivity index (χ3n) is 3.63. The van der Waals surface area contributed by atoms with Crippen molar-refractivity contribution >= 4 is 40.5 Å². The largest absolute Gasteiger partial charge is 0.493 e. The lowest BCUT2D eigenvalue weighted by Crippen LogP contribution is -2.41. The maximum Gasteiger partial charge on any atom is 0.269 e. The van der Waals surface area contributed by atoms with Gasteiger partial charge in [-0.1, -0.05) is 18.5 Å². The molecular formula is C19H21ClN2O5S. The average molecular weight is 425 g/mol. The van der Waals surface area contributed by atoms with Gasteiger partial charge in [-0.2, -0.15) is 0 Å². The fraction of sp³-hybridized carbons (Fsp3) is 0.316. The van der Waals surface area contributed by atoms with Gasteiger partial charge in [0.25, 0.3) is 5.91 Å². The maximum absolute atomic E-state index is 12.2. The number of thiophene rings is 1. The summed E-state index contributed by atoms with van der Waals surface area (Å²) in [7, 11) is 1.48. The quantitative estimate of drug-likeness (QED) is 0.473. The summed E-state index contributed by atoms with van der Waals surface area (Å²) in [5.41, 5.74) is 4.91. The van der Waals surface area contributed by atoms with Crippen molar-refractivity contribution in [3.63, 3.8) is 0 Å². The number of Topliss-reactive ketones (excluding diaryl/α,β-unsaturated/α-hetero) is 1. The molecule has 0 spiro atoms. The minimum absolute atomic E-state index is 0.0236. The lowest BCUT2D eigenvalue weighted by molar-refractivity contribution is -0.121. The lowest BCUT2D eigenvalue weighted by atomic mass is 10.2. The van der Waals surface area contributed by atoms with Crippen LogP contribution in [0.15, 0.2) is 30.3 Å². The molecule has 1 aromatic heterocycles. The SMILES string of the molecule is CCCOc1ccc(C(=O)NNC(=O)CCC(=O)c2ccc(Cl)s2)cc1OC. The van der Waals surface area contributed by atoms with Crippen LogP contribution in [-0.2, 0) is 4.79 Å². The summed E-state index contributed by atoms with van der Waals surface area (Å²) in [4.78, 5) is 36.5. The molecule has 0 saturated carbocycles. The molecule has 1 aromatic carbocycles. The van der Waals surface area contributed by atoms with Crippen molar-refractivity contribution in [2.75, 3.05) is 13.7 Å². The van der Waals surface area contributed by atoms with Gasteiger partial charge < -0.3 is 9.47 Å². The number of methoxy groups -OCH3 is 1. The van der Waals surface area contributed by atoms with E-state index in [1.165, 1.54) is 13.2 Å². The van der Waals surface area contributed by atoms with Crippen molar-refractivity contribution in [1.82, 2.24) is 10.9 Å². The Balaban J connectivity index is 1.83. The first-order chi connectivity index (χ1) is 13.4. The van der Waals surface area contributed by atoms with E-state index in [1.807, 2.05) is 6.92 Å². The van der Waals surface area contributed by atoms with Crippen LogP contribution in [0.2, 0.25) is 4.34 Å². The molecule has 0 radical (unpaired) electrons. The topological polar surface area (TPSA) is 93.7 Å². The van der Waals surface area contributed by atoms with Gasteiger partial charge in [0.2, 0.25) is 5.91 Å². The number of carbonyl (C=O) groups excluding carboxylic acids is 3. The van der Waals surface area contributed by atoms with E-state index in [9.17, 15) is 14.4 Å². The number of hydrogen-bond acceptors (Lipinski definition) is 6. The van der Waals surface area contributed by atoms with E-state index in [1.54, 1.807) is 24.3 Å². The number of carbonyl (C=O) groups is 3. The van der Waals surface area contributed by atoms with Crippen LogP contribution in [0.1, 0.15) is 46.2 Å². The van der Waals surface area contributed by atoms with E-state index in [-0.39, 0.29) is 18.6 Å². The molecule has 2 aromatic rings. The molecule has 1 heterocycles. The van der Waals surface area contributed by atoms with Crippen LogP contribution in [-0.4, -0.2) is 31.3 Å². The van der Waals surface area contributed by atoms with Crippen LogP contribution in [0, 0.1) is 0 Å². The van der Waals surface area contributed by atoms with Gasteiger partial charge in [0.1, 0.15) is 0 Å². The molecular weight excluding hydrogens is 404 g/mol. The van der Waals surface area contributed by atoms with E-state index in [0.29, 0.717) is 32.9 Å². The van der Waals surface area contributed by atoms with Crippen LogP contribution in [0.3, 0.4) is 0 Å². The van der Waals surface area contributed by atoms with Gasteiger partial charge in [0.05, 0.1) is 22.9 Å². The zero-order valence-corrected chi connectivity index (χ0v) is 17.1. The Hall–Kier alpha value is -2.58. The van der Waals surface area contributed by atoms with Gasteiger partial charge >= 0.3 is 0 Å². The predicted molar refractivity (Wildman–Crippen MR) is 107 cm³/mol. The molecule has 2 rings (SSSR count). The Bertz CT molecular complexity index is 853. The van der Waals surface area contributed by atoms with E-state index in [2.05, 4.69) is 10.9 Å². The summed E-state index contributed by atoms with van der Waals surface area (Å²) in [5.74, 6) is -0.195. The molecule has 0 aliphatic heterocycles. The number of amides is 2. The molecule has 0 aliphatic carbocycles. The molecule has 0 bridgehead atoms. The van der Waals surface area contributed by atoms with Gasteiger partial charge in [-0.15, -0.1) is 11.3 Å². The van der Waals surface area contributed by atoms with Crippen molar-refractivity contribution in [1.29, 1.82) is 0 Å². The van der Waals surface area contributed by atoms with Crippen LogP contribution >= 0.6 is 22.9 Å². The average Bonchev–Trinajstić information content (AvgIpc) is 3.14. The first-order valence-electron chi connectivity index (χ1n) is 8.63. The number of hydrogen-bond donors (Lipinski definition) is 2. The Kier molecular flexibility index (Phi) is 8.28. The molecule has 0 fully saturated rings. The number of rotatable bonds is 9. The molecule has 28 heavy (non-hydrogen) atoms. The first-order valence-corrected chi connectivity index (χ1v) is 9.82. The lowest BCUT2D eigenvalue weighted by Gasteiger charge is -2.12. The highest BCUT2D eigenvalue weighted by atomic mass is 35.5. The summed E-state index contributed by atoms with van der Waals surface area (Å²) in [6.45, 7) is 2.52. The van der Waals surface area contributed by atoms with Crippen LogP contribution in [0.5, 0.6) is 11.5 Å². The third-order valence-corrected chi connectivity index (χ3v) is 4.90. The standard InChI is InChI=1S/C19H21ClN2O5S/c1-3-10-27-14-6-4-12(11-15(14)26-2)19(25)22-21-18(24)9-5-13(23)16-7-8-17(20)28-16/h4,6-8,11H,3,5,9-10H2,1-2H3,(H,21,24)(H,22,25). The monoisotopic (exact) mass is 424 g/mol. The zero-order valence-electron chi connectivity index (χ0n) is 15.5. The van der Waals surface area contributed by atoms with E-state index in [4.69, 9.17) is 21.1 Å². The highest BCUT2D eigenvalue weighted by molar-refractivity contribution is 7.18. The highest BCUT2D eigenvalue weighted by Crippen LogP contribution is 2.28. The molecule has 150 valence electrons. The van der Waals surface area contributed by atoms with Crippen LogP contribution in [0.4, 0.5) is 0 Å². The second-order valence-corrected chi connectivity index (χ2v) is 7.46. The Labute approximate surface area is 171 Å². The highest BCUT2D eigenvalue weighted by Gasteiger charge is 2.14. The van der Waals surface area contributed by atoms with E-state index in [0.717, 1.165) is 17.8 Å². The van der Waals surface area contributed by atoms with Crippen molar-refractivity contribution in [3.8, 4) is 11.5 Å². The van der Waals surface area contributed by atoms with Crippen molar-refractivity contribution in [3.05, 3.63) is 45.1 Å². The van der Waals surface area contributed by atoms with Gasteiger partial charge in [-0.05, 0) is 36.8 Å². The minimum atomic E-state index is -0.509. The second kappa shape index (κ2) is 10.7. The molecule has 0 unspecified atom stereocenters. The number of hydrazine groups is 1. The Morgan fingerprint density at radius 2 is 1.86 bits per heavy atom. The normalized spacial score (nSPS) is 10.2. The fourth-order valence-corrected chi connectivity index (χ4v) is 3.23. The summed E-state index contributed by atoms with van der Waals surface area (Å²) in [5, 5.41) is 0. The molecule has 0 atom stereocenters. The van der Waals surface area contributed by atoms with Crippen LogP contribution < -0.4 is 20.3 Å². The van der Waals surface area contributed by atoms with Crippen molar-refractivity contribution in [2.45, 2.75) is 26.2 Å². The smallest absolute Gasteiger partial charge is 0.269 e. The van der Waals surface area contributed by atoms with Gasteiger partial charge in [0.15, 0.2) is 17.3 Å². The fourth-order valence-electron chi connectivity index (χ4n) is 2.22. The Morgan fingerprint density at radius 3 is 2.50 bits per heavy atom. The van der Waals surface area contributed by atoms with E-state index >= 15 is 0 Å². The number of ketones is 1. The summed E-state index contributed by atoms with van der Waals surface area (Å²) in [6.07, 6.45) is 0.816. The molecule has 0 aliphatic rings. The third kappa shape index (κ3) is 6.24. The summed E-state index contributed by atoms with van der Waals surface area (Å²) in [6, 6.07) is 7.98. The number of nitrogens with one attached hydrogen (secondary N) is 2. The van der Waals surface area contributed by atoms with Crippen LogP contribution in [0.25, 0.3) is 0 Å². The van der Waals surface area contributed by atoms with Crippen molar-refractivity contribution < 1.29 is 23.9 Å². The molecule has 2 N–H and O–H groups in total. The number of halogens is 1. The Morgan fingerprint density at radius 1 is 1.07 bits per heavy atom. The molecule has 2 amide bonds. The molecule has 0 saturated heterocycles. The first kappa shape index (κ1) is 21.7. The predicted octanol–water partition coefficient (Wildman–Crippen LogP) is 3.62.